The maximum atomic E-state index is 14.3. The lowest BCUT2D eigenvalue weighted by atomic mass is 10.1. The Bertz CT molecular complexity index is 1450. The maximum Gasteiger partial charge on any atom is 0.253 e. The maximum absolute atomic E-state index is 14.3. The molecular weight excluding hydrogens is 521 g/mol. The second-order valence-electron chi connectivity index (χ2n) is 10.2. The number of hydrogen-bond acceptors (Lipinski definition) is 6. The van der Waals surface area contributed by atoms with Crippen molar-refractivity contribution in [2.45, 2.75) is 23.8 Å². The normalized spacial score (nSPS) is 15.5. The van der Waals surface area contributed by atoms with E-state index in [4.69, 9.17) is 9.97 Å². The van der Waals surface area contributed by atoms with E-state index in [1.165, 1.54) is 6.07 Å². The number of para-hydroxylation sites is 1. The first kappa shape index (κ1) is 26.3. The lowest BCUT2D eigenvalue weighted by Gasteiger charge is -2.37. The number of thioether (sulfide) groups is 1. The fourth-order valence-electron chi connectivity index (χ4n) is 5.28. The second kappa shape index (κ2) is 12.1. The lowest BCUT2D eigenvalue weighted by Crippen LogP contribution is -2.47. The Morgan fingerprint density at radius 1 is 0.775 bits per heavy atom. The Morgan fingerprint density at radius 2 is 1.45 bits per heavy atom. The number of likely N-dealkylation sites (tertiary alicyclic amines) is 1. The molecule has 2 fully saturated rings. The summed E-state index contributed by atoms with van der Waals surface area (Å²) in [5.74, 6) is 1.53. The quantitative estimate of drug-likeness (QED) is 0.203. The molecule has 0 unspecified atom stereocenters. The first-order valence-corrected chi connectivity index (χ1v) is 14.8. The van der Waals surface area contributed by atoms with E-state index in [0.29, 0.717) is 16.6 Å². The highest BCUT2D eigenvalue weighted by atomic mass is 32.2. The van der Waals surface area contributed by atoms with Crippen molar-refractivity contribution in [1.29, 1.82) is 0 Å². The SMILES string of the molecule is O=C(c1ccc(CSc2nc(-c3ccccc3)cc(N3CCN(c4ccccc4F)CC3)n2)cc1)N1CCCC1. The Kier molecular flexibility index (Phi) is 7.95. The van der Waals surface area contributed by atoms with Crippen molar-refractivity contribution in [3.63, 3.8) is 0 Å². The Balaban J connectivity index is 1.17. The van der Waals surface area contributed by atoms with Gasteiger partial charge in [-0.25, -0.2) is 14.4 Å². The molecule has 2 saturated heterocycles. The van der Waals surface area contributed by atoms with Crippen molar-refractivity contribution in [1.82, 2.24) is 14.9 Å². The highest BCUT2D eigenvalue weighted by molar-refractivity contribution is 7.98. The molecule has 0 aliphatic carbocycles. The van der Waals surface area contributed by atoms with Crippen LogP contribution in [0.25, 0.3) is 11.3 Å². The standard InChI is InChI=1S/C32H32FN5OS/c33-27-10-4-5-11-29(27)36-18-20-37(21-19-36)30-22-28(25-8-2-1-3-9-25)34-32(35-30)40-23-24-12-14-26(15-13-24)31(39)38-16-6-7-17-38/h1-5,8-15,22H,6-7,16-21,23H2. The van der Waals surface area contributed by atoms with Crippen LogP contribution in [0.3, 0.4) is 0 Å². The molecule has 0 saturated carbocycles. The molecule has 4 aromatic rings. The molecule has 2 aliphatic heterocycles. The van der Waals surface area contributed by atoms with Gasteiger partial charge in [-0.3, -0.25) is 4.79 Å². The second-order valence-corrected chi connectivity index (χ2v) is 11.1. The number of hydrogen-bond donors (Lipinski definition) is 0. The molecule has 0 radical (unpaired) electrons. The van der Waals surface area contributed by atoms with Crippen molar-refractivity contribution >= 4 is 29.2 Å². The summed E-state index contributed by atoms with van der Waals surface area (Å²) in [6.45, 7) is 4.64. The van der Waals surface area contributed by atoms with Crippen LogP contribution in [0.15, 0.2) is 90.1 Å². The van der Waals surface area contributed by atoms with Gasteiger partial charge in [0.25, 0.3) is 5.91 Å². The minimum Gasteiger partial charge on any atom is -0.366 e. The van der Waals surface area contributed by atoms with Gasteiger partial charge < -0.3 is 14.7 Å². The number of carbonyl (C=O) groups is 1. The van der Waals surface area contributed by atoms with Gasteiger partial charge in [-0.1, -0.05) is 66.4 Å². The summed E-state index contributed by atoms with van der Waals surface area (Å²) in [7, 11) is 0. The van der Waals surface area contributed by atoms with Gasteiger partial charge in [-0.2, -0.15) is 0 Å². The van der Waals surface area contributed by atoms with Gasteiger partial charge in [0.05, 0.1) is 11.4 Å². The number of carbonyl (C=O) groups excluding carboxylic acids is 1. The van der Waals surface area contributed by atoms with Crippen molar-refractivity contribution in [2.75, 3.05) is 49.1 Å². The number of amides is 1. The fraction of sp³-hybridized carbons (Fsp3) is 0.281. The summed E-state index contributed by atoms with van der Waals surface area (Å²) in [5, 5.41) is 0.713. The molecule has 0 atom stereocenters. The highest BCUT2D eigenvalue weighted by Crippen LogP contribution is 2.29. The van der Waals surface area contributed by atoms with E-state index in [1.54, 1.807) is 17.8 Å². The molecule has 40 heavy (non-hydrogen) atoms. The summed E-state index contributed by atoms with van der Waals surface area (Å²) >= 11 is 1.60. The zero-order chi connectivity index (χ0) is 27.3. The average Bonchev–Trinajstić information content (AvgIpc) is 3.56. The minimum absolute atomic E-state index is 0.121. The van der Waals surface area contributed by atoms with E-state index < -0.39 is 0 Å². The Morgan fingerprint density at radius 3 is 2.17 bits per heavy atom. The van der Waals surface area contributed by atoms with Crippen molar-refractivity contribution in [3.8, 4) is 11.3 Å². The first-order chi connectivity index (χ1) is 19.6. The summed E-state index contributed by atoms with van der Waals surface area (Å²) in [5.41, 5.74) is 4.45. The predicted octanol–water partition coefficient (Wildman–Crippen LogP) is 6.14. The van der Waals surface area contributed by atoms with Crippen LogP contribution in [0.1, 0.15) is 28.8 Å². The molecule has 1 amide bonds. The summed E-state index contributed by atoms with van der Waals surface area (Å²) in [6, 6.07) is 27.1. The number of nitrogens with zero attached hydrogens (tertiary/aromatic N) is 5. The third kappa shape index (κ3) is 5.97. The number of aromatic nitrogens is 2. The first-order valence-electron chi connectivity index (χ1n) is 13.8. The summed E-state index contributed by atoms with van der Waals surface area (Å²) in [4.78, 5) is 28.8. The van der Waals surface area contributed by atoms with Crippen LogP contribution >= 0.6 is 11.8 Å². The highest BCUT2D eigenvalue weighted by Gasteiger charge is 2.22. The van der Waals surface area contributed by atoms with Gasteiger partial charge in [0.1, 0.15) is 11.6 Å². The van der Waals surface area contributed by atoms with E-state index >= 15 is 0 Å². The molecule has 3 heterocycles. The fourth-order valence-corrected chi connectivity index (χ4v) is 6.08. The minimum atomic E-state index is -0.184. The predicted molar refractivity (Wildman–Crippen MR) is 159 cm³/mol. The molecular formula is C32H32FN5OS. The number of halogens is 1. The lowest BCUT2D eigenvalue weighted by molar-refractivity contribution is 0.0793. The Labute approximate surface area is 238 Å². The summed E-state index contributed by atoms with van der Waals surface area (Å²) in [6.07, 6.45) is 2.18. The van der Waals surface area contributed by atoms with Gasteiger partial charge in [0.15, 0.2) is 5.16 Å². The van der Waals surface area contributed by atoms with Gasteiger partial charge in [0, 0.05) is 62.2 Å². The molecule has 1 aromatic heterocycles. The summed E-state index contributed by atoms with van der Waals surface area (Å²) < 4.78 is 14.3. The van der Waals surface area contributed by atoms with E-state index in [2.05, 4.69) is 28.0 Å². The molecule has 6 nitrogen and oxygen atoms in total. The average molecular weight is 554 g/mol. The molecule has 0 N–H and O–H groups in total. The molecule has 0 bridgehead atoms. The van der Waals surface area contributed by atoms with Crippen molar-refractivity contribution in [2.24, 2.45) is 0 Å². The topological polar surface area (TPSA) is 52.6 Å². The third-order valence-electron chi connectivity index (χ3n) is 7.52. The smallest absolute Gasteiger partial charge is 0.253 e. The number of benzene rings is 3. The van der Waals surface area contributed by atoms with E-state index in [1.807, 2.05) is 59.5 Å². The molecule has 3 aromatic carbocycles. The molecule has 8 heteroatoms. The largest absolute Gasteiger partial charge is 0.366 e. The van der Waals surface area contributed by atoms with Crippen LogP contribution in [0.5, 0.6) is 0 Å². The van der Waals surface area contributed by atoms with Gasteiger partial charge in [-0.15, -0.1) is 0 Å². The van der Waals surface area contributed by atoms with Gasteiger partial charge in [-0.05, 0) is 42.7 Å². The Hall–Kier alpha value is -3.91. The van der Waals surface area contributed by atoms with Crippen LogP contribution in [0.4, 0.5) is 15.9 Å². The number of piperazine rings is 1. The van der Waals surface area contributed by atoms with E-state index in [0.717, 1.165) is 80.3 Å². The van der Waals surface area contributed by atoms with Gasteiger partial charge >= 0.3 is 0 Å². The number of anilines is 2. The monoisotopic (exact) mass is 553 g/mol. The molecule has 2 aliphatic rings. The number of rotatable bonds is 7. The van der Waals surface area contributed by atoms with E-state index in [9.17, 15) is 9.18 Å². The third-order valence-corrected chi connectivity index (χ3v) is 8.44. The van der Waals surface area contributed by atoms with E-state index in [-0.39, 0.29) is 11.7 Å². The van der Waals surface area contributed by atoms with Gasteiger partial charge in [0.2, 0.25) is 0 Å². The van der Waals surface area contributed by atoms with Crippen molar-refractivity contribution in [3.05, 3.63) is 102 Å². The van der Waals surface area contributed by atoms with Crippen LogP contribution in [0.2, 0.25) is 0 Å². The van der Waals surface area contributed by atoms with Crippen LogP contribution in [-0.2, 0) is 5.75 Å². The zero-order valence-electron chi connectivity index (χ0n) is 22.4. The zero-order valence-corrected chi connectivity index (χ0v) is 23.2. The van der Waals surface area contributed by atoms with Crippen LogP contribution < -0.4 is 9.80 Å². The van der Waals surface area contributed by atoms with Crippen molar-refractivity contribution < 1.29 is 9.18 Å². The van der Waals surface area contributed by atoms with Crippen LogP contribution in [-0.4, -0.2) is 60.0 Å². The molecule has 204 valence electrons. The molecule has 0 spiro atoms. The van der Waals surface area contributed by atoms with Crippen LogP contribution in [0, 0.1) is 5.82 Å². The molecule has 6 rings (SSSR count).